The average molecular weight is 472 g/mol. The maximum atomic E-state index is 12.7. The van der Waals surface area contributed by atoms with Crippen LogP contribution in [0.15, 0.2) is 36.8 Å². The molecule has 11 nitrogen and oxygen atoms in total. The van der Waals surface area contributed by atoms with Gasteiger partial charge in [-0.05, 0) is 37.1 Å². The van der Waals surface area contributed by atoms with E-state index in [0.717, 1.165) is 36.5 Å². The summed E-state index contributed by atoms with van der Waals surface area (Å²) in [7, 11) is 7.48. The van der Waals surface area contributed by atoms with Crippen LogP contribution in [0.4, 0.5) is 10.2 Å². The van der Waals surface area contributed by atoms with Gasteiger partial charge in [-0.25, -0.2) is 18.9 Å². The molecule has 0 spiro atoms. The lowest BCUT2D eigenvalue weighted by molar-refractivity contribution is -0.357. The molecule has 2 radical (unpaired) electrons. The summed E-state index contributed by atoms with van der Waals surface area (Å²) < 4.78 is 13.9. The Hall–Kier alpha value is -3.13. The lowest BCUT2D eigenvalue weighted by Gasteiger charge is -2.32. The average Bonchev–Trinajstić information content (AvgIpc) is 3.42. The molecular weight excluding hydrogens is 446 g/mol. The van der Waals surface area contributed by atoms with Crippen LogP contribution < -0.4 is 10.5 Å². The highest BCUT2D eigenvalue weighted by molar-refractivity contribution is 6.31. The van der Waals surface area contributed by atoms with E-state index in [-0.39, 0.29) is 28.5 Å². The van der Waals surface area contributed by atoms with Crippen LogP contribution in [0.5, 0.6) is 0 Å². The molecule has 1 saturated heterocycles. The van der Waals surface area contributed by atoms with Crippen molar-refractivity contribution < 1.29 is 29.6 Å². The highest BCUT2D eigenvalue weighted by atomic mass is 19.1. The van der Waals surface area contributed by atoms with Crippen LogP contribution in [0.1, 0.15) is 25.3 Å². The van der Waals surface area contributed by atoms with Gasteiger partial charge >= 0.3 is 0 Å². The van der Waals surface area contributed by atoms with Crippen molar-refractivity contribution in [2.75, 3.05) is 31.6 Å². The van der Waals surface area contributed by atoms with E-state index in [1.807, 2.05) is 16.8 Å². The number of aromatic nitrogens is 4. The smallest absolute Gasteiger partial charge is 0.249 e. The number of halogens is 1. The molecule has 1 aliphatic rings. The molecule has 4 N–H and O–H groups in total. The SMILES string of the molecule is CN(CCN1CCCC1=O)c1ccc(F)cn1.[B]c1ccc(C(O)(O)C(C)(O)O)c2ncnn12. The number of anilines is 1. The monoisotopic (exact) mass is 472 g/mol. The normalized spacial score (nSPS) is 14.3. The molecule has 4 heterocycles. The fourth-order valence-corrected chi connectivity index (χ4v) is 3.37. The molecule has 13 heteroatoms. The second-order valence-corrected chi connectivity index (χ2v) is 8.10. The summed E-state index contributed by atoms with van der Waals surface area (Å²) in [5.41, 5.74) is 0.0515. The van der Waals surface area contributed by atoms with Gasteiger partial charge in [-0.15, -0.1) is 0 Å². The molecule has 1 fully saturated rings. The third-order valence-corrected chi connectivity index (χ3v) is 5.47. The zero-order valence-corrected chi connectivity index (χ0v) is 18.8. The largest absolute Gasteiger partial charge is 0.361 e. The first kappa shape index (κ1) is 25.5. The van der Waals surface area contributed by atoms with E-state index < -0.39 is 11.6 Å². The fraction of sp³-hybridized carbons (Fsp3) is 0.429. The van der Waals surface area contributed by atoms with Crippen molar-refractivity contribution >= 4 is 30.8 Å². The number of carbonyl (C=O) groups is 1. The van der Waals surface area contributed by atoms with Gasteiger partial charge in [0.2, 0.25) is 17.5 Å². The Morgan fingerprint density at radius 2 is 1.91 bits per heavy atom. The van der Waals surface area contributed by atoms with Crippen LogP contribution in [0.25, 0.3) is 5.65 Å². The minimum absolute atomic E-state index is 0.0318. The number of fused-ring (bicyclic) bond motifs is 1. The van der Waals surface area contributed by atoms with Crippen molar-refractivity contribution in [3.05, 3.63) is 48.2 Å². The molecule has 0 saturated carbocycles. The van der Waals surface area contributed by atoms with E-state index in [9.17, 15) is 29.6 Å². The van der Waals surface area contributed by atoms with E-state index in [4.69, 9.17) is 7.85 Å². The lowest BCUT2D eigenvalue weighted by Crippen LogP contribution is -2.50. The summed E-state index contributed by atoms with van der Waals surface area (Å²) in [6, 6.07) is 5.62. The van der Waals surface area contributed by atoms with Crippen molar-refractivity contribution in [2.45, 2.75) is 31.3 Å². The Kier molecular flexibility index (Phi) is 7.51. The van der Waals surface area contributed by atoms with Crippen LogP contribution in [-0.4, -0.2) is 91.1 Å². The van der Waals surface area contributed by atoms with Crippen molar-refractivity contribution in [1.29, 1.82) is 0 Å². The summed E-state index contributed by atoms with van der Waals surface area (Å²) in [4.78, 5) is 23.0. The molecule has 0 aromatic carbocycles. The van der Waals surface area contributed by atoms with Gasteiger partial charge in [0, 0.05) is 33.1 Å². The number of rotatable bonds is 6. The van der Waals surface area contributed by atoms with Crippen molar-refractivity contribution in [1.82, 2.24) is 24.5 Å². The van der Waals surface area contributed by atoms with E-state index in [0.29, 0.717) is 19.5 Å². The molecule has 0 unspecified atom stereocenters. The van der Waals surface area contributed by atoms with E-state index >= 15 is 0 Å². The number of hydrogen-bond acceptors (Lipinski definition) is 9. The van der Waals surface area contributed by atoms with Gasteiger partial charge in [0.1, 0.15) is 25.8 Å². The molecular formula is C21H26BFN6O5. The molecule has 3 aromatic rings. The molecule has 3 aromatic heterocycles. The number of carbonyl (C=O) groups excluding carboxylic acids is 1. The summed E-state index contributed by atoms with van der Waals surface area (Å²) in [5.74, 6) is -5.04. The topological polar surface area (TPSA) is 148 Å². The third-order valence-electron chi connectivity index (χ3n) is 5.47. The number of amides is 1. The molecule has 4 rings (SSSR count). The summed E-state index contributed by atoms with van der Waals surface area (Å²) in [5, 5.41) is 42.0. The Morgan fingerprint density at radius 1 is 1.18 bits per heavy atom. The maximum Gasteiger partial charge on any atom is 0.249 e. The van der Waals surface area contributed by atoms with Crippen LogP contribution in [-0.2, 0) is 10.6 Å². The number of aliphatic hydroxyl groups is 4. The first-order chi connectivity index (χ1) is 15.9. The second-order valence-electron chi connectivity index (χ2n) is 8.10. The van der Waals surface area contributed by atoms with Gasteiger partial charge in [0.15, 0.2) is 5.65 Å². The van der Waals surface area contributed by atoms with Gasteiger partial charge in [-0.2, -0.15) is 5.10 Å². The number of likely N-dealkylation sites (tertiary alicyclic amines) is 1. The van der Waals surface area contributed by atoms with Crippen molar-refractivity contribution in [2.24, 2.45) is 0 Å². The van der Waals surface area contributed by atoms with Crippen molar-refractivity contribution in [3.63, 3.8) is 0 Å². The fourth-order valence-electron chi connectivity index (χ4n) is 3.37. The van der Waals surface area contributed by atoms with Gasteiger partial charge < -0.3 is 30.2 Å². The van der Waals surface area contributed by atoms with E-state index in [2.05, 4.69) is 15.1 Å². The Morgan fingerprint density at radius 3 is 2.50 bits per heavy atom. The summed E-state index contributed by atoms with van der Waals surface area (Å²) >= 11 is 0. The molecule has 0 atom stereocenters. The Labute approximate surface area is 196 Å². The number of hydrogen-bond donors (Lipinski definition) is 4. The standard InChI is InChI=1S/C12H16FN3O.C9H10BN3O4/c1-15(11-5-4-10(13)9-14-11)7-8-16-6-2-3-12(16)17;1-8(14,15)9(16,17)5-2-3-6(10)13-7(5)11-4-12-13/h4-5,9H,2-3,6-8H2,1H3;2-4,14-17H,1H3. The van der Waals surface area contributed by atoms with Gasteiger partial charge in [-0.1, -0.05) is 6.07 Å². The number of likely N-dealkylation sites (N-methyl/N-ethyl adjacent to an activating group) is 1. The molecule has 0 bridgehead atoms. The number of nitrogens with zero attached hydrogens (tertiary/aromatic N) is 6. The van der Waals surface area contributed by atoms with Crippen LogP contribution in [0, 0.1) is 5.82 Å². The third kappa shape index (κ3) is 5.50. The minimum Gasteiger partial charge on any atom is -0.361 e. The van der Waals surface area contributed by atoms with E-state index in [1.165, 1.54) is 24.4 Å². The lowest BCUT2D eigenvalue weighted by atomic mass is 9.96. The highest BCUT2D eigenvalue weighted by Gasteiger charge is 2.46. The molecule has 180 valence electrons. The molecule has 34 heavy (non-hydrogen) atoms. The molecule has 0 aliphatic carbocycles. The quantitative estimate of drug-likeness (QED) is 0.252. The highest BCUT2D eigenvalue weighted by Crippen LogP contribution is 2.30. The van der Waals surface area contributed by atoms with Gasteiger partial charge in [-0.3, -0.25) is 4.79 Å². The van der Waals surface area contributed by atoms with Gasteiger partial charge in [0.25, 0.3) is 0 Å². The number of pyridine rings is 2. The van der Waals surface area contributed by atoms with Gasteiger partial charge in [0.05, 0.1) is 11.8 Å². The second kappa shape index (κ2) is 10.0. The first-order valence-electron chi connectivity index (χ1n) is 10.5. The van der Waals surface area contributed by atoms with Crippen molar-refractivity contribution in [3.8, 4) is 0 Å². The Bertz CT molecular complexity index is 1130. The summed E-state index contributed by atoms with van der Waals surface area (Å²) in [6.45, 7) is 3.11. The minimum atomic E-state index is -2.89. The summed E-state index contributed by atoms with van der Waals surface area (Å²) in [6.07, 6.45) is 3.99. The zero-order valence-electron chi connectivity index (χ0n) is 18.8. The predicted molar refractivity (Wildman–Crippen MR) is 121 cm³/mol. The van der Waals surface area contributed by atoms with Crippen LogP contribution >= 0.6 is 0 Å². The zero-order chi connectivity index (χ0) is 25.1. The first-order valence-corrected chi connectivity index (χ1v) is 10.5. The molecule has 1 amide bonds. The molecule has 1 aliphatic heterocycles. The Balaban J connectivity index is 0.000000191. The van der Waals surface area contributed by atoms with Crippen LogP contribution in [0.3, 0.4) is 0 Å². The van der Waals surface area contributed by atoms with Crippen LogP contribution in [0.2, 0.25) is 0 Å². The van der Waals surface area contributed by atoms with E-state index in [1.54, 1.807) is 6.07 Å². The predicted octanol–water partition coefficient (Wildman–Crippen LogP) is -1.36. The maximum absolute atomic E-state index is 12.7.